The first-order valence-electron chi connectivity index (χ1n) is 10.3. The number of piperidine rings is 1. The molecule has 0 unspecified atom stereocenters. The fourth-order valence-electron chi connectivity index (χ4n) is 3.79. The second kappa shape index (κ2) is 9.38. The number of aryl methyl sites for hydroxylation is 2. The Bertz CT molecular complexity index is 973. The first-order valence-corrected chi connectivity index (χ1v) is 11.3. The number of rotatable bonds is 7. The highest BCUT2D eigenvalue weighted by atomic mass is 32.2. The van der Waals surface area contributed by atoms with Crippen molar-refractivity contribution in [2.24, 2.45) is 0 Å². The average molecular weight is 426 g/mol. The van der Waals surface area contributed by atoms with Gasteiger partial charge in [-0.05, 0) is 68.5 Å². The quantitative estimate of drug-likeness (QED) is 0.570. The molecule has 1 fully saturated rings. The van der Waals surface area contributed by atoms with E-state index in [2.05, 4.69) is 31.0 Å². The average Bonchev–Trinajstić information content (AvgIpc) is 3.37. The maximum Gasteiger partial charge on any atom is 0.234 e. The molecular formula is C22H27N5O2S. The molecule has 8 heteroatoms. The number of aromatic nitrogens is 3. The van der Waals surface area contributed by atoms with E-state index in [1.165, 1.54) is 18.2 Å². The molecule has 30 heavy (non-hydrogen) atoms. The molecule has 1 aromatic carbocycles. The van der Waals surface area contributed by atoms with Crippen LogP contribution in [0.3, 0.4) is 0 Å². The van der Waals surface area contributed by atoms with Crippen LogP contribution in [0.2, 0.25) is 0 Å². The predicted octanol–water partition coefficient (Wildman–Crippen LogP) is 4.26. The number of hydrogen-bond acceptors (Lipinski definition) is 6. The highest BCUT2D eigenvalue weighted by Gasteiger charge is 2.21. The van der Waals surface area contributed by atoms with Crippen molar-refractivity contribution in [1.82, 2.24) is 14.8 Å². The van der Waals surface area contributed by atoms with Crippen LogP contribution in [0.25, 0.3) is 0 Å². The number of nitrogens with zero attached hydrogens (tertiary/aromatic N) is 4. The Labute approximate surface area is 180 Å². The van der Waals surface area contributed by atoms with E-state index in [-0.39, 0.29) is 11.7 Å². The van der Waals surface area contributed by atoms with E-state index in [0.717, 1.165) is 59.6 Å². The molecule has 0 radical (unpaired) electrons. The summed E-state index contributed by atoms with van der Waals surface area (Å²) in [6.45, 7) is 6.56. The van der Waals surface area contributed by atoms with Crippen molar-refractivity contribution in [2.75, 3.05) is 29.1 Å². The minimum atomic E-state index is -0.0583. The lowest BCUT2D eigenvalue weighted by molar-refractivity contribution is -0.113. The van der Waals surface area contributed by atoms with Crippen LogP contribution >= 0.6 is 11.8 Å². The third-order valence-electron chi connectivity index (χ3n) is 5.07. The molecule has 0 bridgehead atoms. The van der Waals surface area contributed by atoms with Gasteiger partial charge in [0.15, 0.2) is 5.16 Å². The van der Waals surface area contributed by atoms with E-state index in [0.29, 0.717) is 6.54 Å². The number of thioether (sulfide) groups is 1. The number of furan rings is 1. The number of carbonyl (C=O) groups is 1. The number of hydrogen-bond donors (Lipinski definition) is 1. The van der Waals surface area contributed by atoms with Gasteiger partial charge < -0.3 is 14.6 Å². The second-order valence-corrected chi connectivity index (χ2v) is 8.65. The van der Waals surface area contributed by atoms with Crippen molar-refractivity contribution in [1.29, 1.82) is 0 Å². The molecule has 0 spiro atoms. The molecule has 4 rings (SSSR count). The van der Waals surface area contributed by atoms with Crippen LogP contribution in [0.1, 0.15) is 36.1 Å². The van der Waals surface area contributed by atoms with Crippen LogP contribution in [0.15, 0.2) is 46.2 Å². The lowest BCUT2D eigenvalue weighted by Crippen LogP contribution is -2.32. The molecule has 2 aromatic heterocycles. The summed E-state index contributed by atoms with van der Waals surface area (Å²) in [5, 5.41) is 12.5. The van der Waals surface area contributed by atoms with Gasteiger partial charge in [0.2, 0.25) is 11.9 Å². The summed E-state index contributed by atoms with van der Waals surface area (Å²) in [5.74, 6) is 1.90. The van der Waals surface area contributed by atoms with Gasteiger partial charge in [-0.25, -0.2) is 0 Å². The zero-order valence-corrected chi connectivity index (χ0v) is 18.2. The van der Waals surface area contributed by atoms with Crippen LogP contribution in [-0.4, -0.2) is 39.5 Å². The Morgan fingerprint density at radius 3 is 2.60 bits per heavy atom. The second-order valence-electron chi connectivity index (χ2n) is 7.71. The van der Waals surface area contributed by atoms with Crippen molar-refractivity contribution in [3.05, 3.63) is 53.5 Å². The number of amides is 1. The highest BCUT2D eigenvalue weighted by molar-refractivity contribution is 7.99. The maximum atomic E-state index is 12.5. The third kappa shape index (κ3) is 5.05. The fraction of sp³-hybridized carbons (Fsp3) is 0.409. The van der Waals surface area contributed by atoms with Crippen LogP contribution in [-0.2, 0) is 11.3 Å². The SMILES string of the molecule is Cc1cc(C)cc(NC(=O)CSc2nnc(N3CCCCC3)n2Cc2ccco2)c1. The van der Waals surface area contributed by atoms with Crippen molar-refractivity contribution in [3.63, 3.8) is 0 Å². The zero-order valence-electron chi connectivity index (χ0n) is 17.4. The standard InChI is InChI=1S/C22H27N5O2S/c1-16-11-17(2)13-18(12-16)23-20(28)15-30-22-25-24-21(26-8-4-3-5-9-26)27(22)14-19-7-6-10-29-19/h6-7,10-13H,3-5,8-9,14-15H2,1-2H3,(H,23,28). The van der Waals surface area contributed by atoms with Gasteiger partial charge in [-0.2, -0.15) is 0 Å². The Morgan fingerprint density at radius 1 is 1.13 bits per heavy atom. The maximum absolute atomic E-state index is 12.5. The molecule has 1 amide bonds. The third-order valence-corrected chi connectivity index (χ3v) is 6.03. The normalized spacial score (nSPS) is 14.1. The molecule has 3 aromatic rings. The number of anilines is 2. The van der Waals surface area contributed by atoms with Gasteiger partial charge in [-0.3, -0.25) is 9.36 Å². The van der Waals surface area contributed by atoms with Gasteiger partial charge in [0, 0.05) is 18.8 Å². The predicted molar refractivity (Wildman–Crippen MR) is 119 cm³/mol. The minimum absolute atomic E-state index is 0.0583. The van der Waals surface area contributed by atoms with E-state index in [1.807, 2.05) is 38.1 Å². The molecular weight excluding hydrogens is 398 g/mol. The Hall–Kier alpha value is -2.74. The zero-order chi connectivity index (χ0) is 20.9. The Kier molecular flexibility index (Phi) is 6.42. The molecule has 0 aliphatic carbocycles. The van der Waals surface area contributed by atoms with Crippen molar-refractivity contribution >= 4 is 29.3 Å². The summed E-state index contributed by atoms with van der Waals surface area (Å²) in [7, 11) is 0. The topological polar surface area (TPSA) is 76.2 Å². The molecule has 158 valence electrons. The summed E-state index contributed by atoms with van der Waals surface area (Å²) in [6, 6.07) is 9.86. The van der Waals surface area contributed by atoms with E-state index in [4.69, 9.17) is 4.42 Å². The van der Waals surface area contributed by atoms with Crippen LogP contribution in [0, 0.1) is 13.8 Å². The molecule has 0 saturated carbocycles. The summed E-state index contributed by atoms with van der Waals surface area (Å²) in [5.41, 5.74) is 3.08. The van der Waals surface area contributed by atoms with E-state index >= 15 is 0 Å². The molecule has 3 heterocycles. The minimum Gasteiger partial charge on any atom is -0.467 e. The lowest BCUT2D eigenvalue weighted by Gasteiger charge is -2.27. The largest absolute Gasteiger partial charge is 0.467 e. The Balaban J connectivity index is 1.47. The van der Waals surface area contributed by atoms with E-state index in [1.54, 1.807) is 6.26 Å². The van der Waals surface area contributed by atoms with Crippen LogP contribution in [0.5, 0.6) is 0 Å². The van der Waals surface area contributed by atoms with Gasteiger partial charge in [-0.15, -0.1) is 10.2 Å². The van der Waals surface area contributed by atoms with Gasteiger partial charge in [0.1, 0.15) is 5.76 Å². The smallest absolute Gasteiger partial charge is 0.234 e. The van der Waals surface area contributed by atoms with Crippen LogP contribution in [0.4, 0.5) is 11.6 Å². The highest BCUT2D eigenvalue weighted by Crippen LogP contribution is 2.26. The van der Waals surface area contributed by atoms with Gasteiger partial charge in [0.25, 0.3) is 0 Å². The van der Waals surface area contributed by atoms with Gasteiger partial charge in [-0.1, -0.05) is 17.8 Å². The molecule has 1 aliphatic heterocycles. The van der Waals surface area contributed by atoms with E-state index < -0.39 is 0 Å². The first-order chi connectivity index (χ1) is 14.6. The molecule has 1 N–H and O–H groups in total. The fourth-order valence-corrected chi connectivity index (χ4v) is 4.52. The molecule has 0 atom stereocenters. The molecule has 1 aliphatic rings. The lowest BCUT2D eigenvalue weighted by atomic mass is 10.1. The van der Waals surface area contributed by atoms with Gasteiger partial charge in [0.05, 0.1) is 18.6 Å². The van der Waals surface area contributed by atoms with Crippen molar-refractivity contribution < 1.29 is 9.21 Å². The van der Waals surface area contributed by atoms with Crippen molar-refractivity contribution in [3.8, 4) is 0 Å². The number of carbonyl (C=O) groups excluding carboxylic acids is 1. The van der Waals surface area contributed by atoms with Crippen molar-refractivity contribution in [2.45, 2.75) is 44.8 Å². The summed E-state index contributed by atoms with van der Waals surface area (Å²) < 4.78 is 7.60. The molecule has 7 nitrogen and oxygen atoms in total. The number of benzene rings is 1. The van der Waals surface area contributed by atoms with Crippen LogP contribution < -0.4 is 10.2 Å². The van der Waals surface area contributed by atoms with Gasteiger partial charge >= 0.3 is 0 Å². The number of nitrogens with one attached hydrogen (secondary N) is 1. The monoisotopic (exact) mass is 425 g/mol. The first kappa shape index (κ1) is 20.5. The molecule has 1 saturated heterocycles. The summed E-state index contributed by atoms with van der Waals surface area (Å²) in [6.07, 6.45) is 5.25. The summed E-state index contributed by atoms with van der Waals surface area (Å²) in [4.78, 5) is 14.8. The summed E-state index contributed by atoms with van der Waals surface area (Å²) >= 11 is 1.40. The van der Waals surface area contributed by atoms with E-state index in [9.17, 15) is 4.79 Å². The Morgan fingerprint density at radius 2 is 1.90 bits per heavy atom.